The minimum Gasteiger partial charge on any atom is -0.502 e. The molecule has 28 heavy (non-hydrogen) atoms. The van der Waals surface area contributed by atoms with Crippen molar-refractivity contribution in [2.45, 2.75) is 34.0 Å². The number of aliphatic hydroxyl groups excluding tert-OH is 1. The summed E-state index contributed by atoms with van der Waals surface area (Å²) in [5.41, 5.74) is -0.845. The number of Topliss-reactive ketones (excluding diaryl/α,β-unsaturated/α-hetero) is 1. The van der Waals surface area contributed by atoms with Crippen molar-refractivity contribution in [3.8, 4) is 11.5 Å². The summed E-state index contributed by atoms with van der Waals surface area (Å²) in [4.78, 5) is 44.9. The van der Waals surface area contributed by atoms with E-state index < -0.39 is 28.4 Å². The van der Waals surface area contributed by atoms with E-state index in [0.717, 1.165) is 19.3 Å². The normalized spacial score (nSPS) is 10.0. The van der Waals surface area contributed by atoms with Crippen LogP contribution >= 0.6 is 0 Å². The van der Waals surface area contributed by atoms with E-state index in [9.17, 15) is 19.2 Å². The molecule has 2 heterocycles. The van der Waals surface area contributed by atoms with E-state index >= 15 is 0 Å². The smallest absolute Gasteiger partial charge is 0.308 e. The molecule has 0 spiro atoms. The average Bonchev–Trinajstić information content (AvgIpc) is 2.63. The van der Waals surface area contributed by atoms with Crippen molar-refractivity contribution in [3.05, 3.63) is 55.6 Å². The van der Waals surface area contributed by atoms with Crippen LogP contribution in [0.25, 0.3) is 0 Å². The molecule has 0 aromatic carbocycles. The first-order valence-corrected chi connectivity index (χ1v) is 7.88. The van der Waals surface area contributed by atoms with Crippen LogP contribution in [0.2, 0.25) is 0 Å². The minimum absolute atomic E-state index is 0.0572. The second-order valence-corrected chi connectivity index (χ2v) is 5.47. The Morgan fingerprint density at radius 2 is 1.86 bits per heavy atom. The lowest BCUT2D eigenvalue weighted by atomic mass is 10.2. The minimum atomic E-state index is -0.691. The van der Waals surface area contributed by atoms with Crippen molar-refractivity contribution < 1.29 is 38.1 Å². The van der Waals surface area contributed by atoms with Gasteiger partial charge in [0.15, 0.2) is 11.5 Å². The number of ketones is 1. The molecule has 0 atom stereocenters. The zero-order valence-corrected chi connectivity index (χ0v) is 15.7. The number of carbonyl (C=O) groups excluding carboxylic acids is 2. The lowest BCUT2D eigenvalue weighted by Gasteiger charge is -2.09. The summed E-state index contributed by atoms with van der Waals surface area (Å²) in [6.45, 7) is 3.59. The zero-order valence-electron chi connectivity index (χ0n) is 15.7. The molecule has 0 bridgehead atoms. The van der Waals surface area contributed by atoms with E-state index in [1.54, 1.807) is 0 Å². The van der Waals surface area contributed by atoms with Crippen LogP contribution in [-0.4, -0.2) is 29.1 Å². The summed E-state index contributed by atoms with van der Waals surface area (Å²) >= 11 is 0. The molecule has 0 aliphatic carbocycles. The Kier molecular flexibility index (Phi) is 8.29. The molecule has 0 saturated carbocycles. The highest BCUT2D eigenvalue weighted by Gasteiger charge is 2.22. The fraction of sp³-hybridized carbons (Fsp3) is 0.333. The lowest BCUT2D eigenvalue weighted by molar-refractivity contribution is -0.132. The van der Waals surface area contributed by atoms with Crippen LogP contribution in [0.15, 0.2) is 30.8 Å². The van der Waals surface area contributed by atoms with Crippen LogP contribution in [-0.2, 0) is 22.7 Å². The van der Waals surface area contributed by atoms with Gasteiger partial charge in [0, 0.05) is 32.6 Å². The van der Waals surface area contributed by atoms with Gasteiger partial charge in [0.1, 0.15) is 31.0 Å². The maximum Gasteiger partial charge on any atom is 0.308 e. The van der Waals surface area contributed by atoms with E-state index in [2.05, 4.69) is 4.42 Å². The van der Waals surface area contributed by atoms with Gasteiger partial charge >= 0.3 is 5.97 Å². The van der Waals surface area contributed by atoms with Gasteiger partial charge in [-0.1, -0.05) is 0 Å². The van der Waals surface area contributed by atoms with Crippen molar-refractivity contribution in [3.63, 3.8) is 0 Å². The van der Waals surface area contributed by atoms with Crippen LogP contribution in [0.3, 0.4) is 0 Å². The maximum atomic E-state index is 12.0. The number of aromatic hydroxyl groups is 1. The van der Waals surface area contributed by atoms with Gasteiger partial charge < -0.3 is 28.5 Å². The Morgan fingerprint density at radius 3 is 2.32 bits per heavy atom. The molecule has 10 nitrogen and oxygen atoms in total. The molecule has 0 fully saturated rings. The van der Waals surface area contributed by atoms with Crippen molar-refractivity contribution >= 4 is 11.8 Å². The molecule has 10 heteroatoms. The number of hydrogen-bond donors (Lipinski definition) is 2. The summed E-state index contributed by atoms with van der Waals surface area (Å²) < 4.78 is 19.5. The SMILES string of the molecule is COCc1oc(C(C)=O)c(OC(C)=O)c(=O)c1C.O=c1cc(CO)occ1O. The third kappa shape index (κ3) is 5.89. The topological polar surface area (TPSA) is 153 Å². The number of rotatable bonds is 5. The average molecular weight is 396 g/mol. The van der Waals surface area contributed by atoms with E-state index in [1.165, 1.54) is 21.0 Å². The van der Waals surface area contributed by atoms with Crippen molar-refractivity contribution in [1.29, 1.82) is 0 Å². The number of esters is 1. The molecule has 2 aromatic heterocycles. The molecule has 2 aromatic rings. The summed E-state index contributed by atoms with van der Waals surface area (Å²) in [6.07, 6.45) is 0.897. The fourth-order valence-corrected chi connectivity index (χ4v) is 1.91. The van der Waals surface area contributed by atoms with Crippen molar-refractivity contribution in [1.82, 2.24) is 0 Å². The molecule has 0 saturated heterocycles. The van der Waals surface area contributed by atoms with E-state index in [1.807, 2.05) is 0 Å². The van der Waals surface area contributed by atoms with Crippen LogP contribution in [0.1, 0.15) is 41.5 Å². The Bertz CT molecular complexity index is 967. The predicted octanol–water partition coefficient (Wildman–Crippen LogP) is 1.06. The molecule has 0 aliphatic rings. The summed E-state index contributed by atoms with van der Waals surface area (Å²) in [5, 5.41) is 17.1. The predicted molar refractivity (Wildman–Crippen MR) is 94.3 cm³/mol. The number of ether oxygens (including phenoxy) is 2. The van der Waals surface area contributed by atoms with Crippen LogP contribution in [0, 0.1) is 6.92 Å². The molecule has 0 radical (unpaired) electrons. The Labute approximate surface area is 158 Å². The van der Waals surface area contributed by atoms with Crippen LogP contribution in [0.4, 0.5) is 0 Å². The van der Waals surface area contributed by atoms with E-state index in [0.29, 0.717) is 0 Å². The Morgan fingerprint density at radius 1 is 1.21 bits per heavy atom. The van der Waals surface area contributed by atoms with Gasteiger partial charge in [-0.2, -0.15) is 0 Å². The second-order valence-electron chi connectivity index (χ2n) is 5.47. The van der Waals surface area contributed by atoms with Gasteiger partial charge in [-0.15, -0.1) is 0 Å². The third-order valence-electron chi connectivity index (χ3n) is 3.26. The van der Waals surface area contributed by atoms with Gasteiger partial charge in [0.25, 0.3) is 0 Å². The number of aliphatic hydroxyl groups is 1. The first-order valence-electron chi connectivity index (χ1n) is 7.88. The Balaban J connectivity index is 0.000000330. The van der Waals surface area contributed by atoms with Crippen molar-refractivity contribution in [2.24, 2.45) is 0 Å². The molecule has 2 N–H and O–H groups in total. The second kappa shape index (κ2) is 10.2. The molecular weight excluding hydrogens is 376 g/mol. The molecular formula is C18H20O10. The van der Waals surface area contributed by atoms with Gasteiger partial charge in [0.05, 0.1) is 0 Å². The maximum absolute atomic E-state index is 12.0. The first-order chi connectivity index (χ1) is 13.1. The van der Waals surface area contributed by atoms with Gasteiger partial charge in [-0.05, 0) is 6.92 Å². The quantitative estimate of drug-likeness (QED) is 0.554. The van der Waals surface area contributed by atoms with Gasteiger partial charge in [-0.25, -0.2) is 0 Å². The third-order valence-corrected chi connectivity index (χ3v) is 3.26. The van der Waals surface area contributed by atoms with E-state index in [-0.39, 0.29) is 41.8 Å². The van der Waals surface area contributed by atoms with Crippen molar-refractivity contribution in [2.75, 3.05) is 7.11 Å². The fourth-order valence-electron chi connectivity index (χ4n) is 1.91. The number of methoxy groups -OCH3 is 1. The Hall–Kier alpha value is -3.24. The molecule has 0 aliphatic heterocycles. The number of carbonyl (C=O) groups is 2. The lowest BCUT2D eigenvalue weighted by Crippen LogP contribution is -2.19. The highest BCUT2D eigenvalue weighted by molar-refractivity contribution is 5.94. The molecule has 2 rings (SSSR count). The van der Waals surface area contributed by atoms with Gasteiger partial charge in [0.2, 0.25) is 22.4 Å². The highest BCUT2D eigenvalue weighted by Crippen LogP contribution is 2.19. The summed E-state index contributed by atoms with van der Waals surface area (Å²) in [6, 6.07) is 1.04. The van der Waals surface area contributed by atoms with Crippen LogP contribution < -0.4 is 15.6 Å². The zero-order chi connectivity index (χ0) is 21.4. The standard InChI is InChI=1S/C12H14O6.C6H6O4/c1-6-9(5-16-4)18-11(7(2)13)12(10(6)15)17-8(3)14;7-2-4-1-5(8)6(9)3-10-4/h5H2,1-4H3;1,3,7,9H,2H2. The number of hydrogen-bond acceptors (Lipinski definition) is 10. The molecule has 0 amide bonds. The van der Waals surface area contributed by atoms with Gasteiger partial charge in [-0.3, -0.25) is 19.2 Å². The molecule has 152 valence electrons. The first kappa shape index (κ1) is 22.8. The largest absolute Gasteiger partial charge is 0.502 e. The van der Waals surface area contributed by atoms with Crippen LogP contribution in [0.5, 0.6) is 11.5 Å². The monoisotopic (exact) mass is 396 g/mol. The van der Waals surface area contributed by atoms with E-state index in [4.69, 9.17) is 24.1 Å². The highest BCUT2D eigenvalue weighted by atomic mass is 16.5. The summed E-state index contributed by atoms with van der Waals surface area (Å²) in [5.74, 6) is -1.90. The molecule has 0 unspecified atom stereocenters. The summed E-state index contributed by atoms with van der Waals surface area (Å²) in [7, 11) is 1.44.